The SMILES string of the molecule is CCn1c(=S)n(C[NH+]2CCC(O)CC2)c2ccccc21. The Balaban J connectivity index is 1.95. The van der Waals surface area contributed by atoms with E-state index in [1.54, 1.807) is 0 Å². The second kappa shape index (κ2) is 5.68. The molecular weight excluding hydrogens is 270 g/mol. The van der Waals surface area contributed by atoms with E-state index < -0.39 is 0 Å². The molecule has 1 aromatic carbocycles. The van der Waals surface area contributed by atoms with Gasteiger partial charge in [0.25, 0.3) is 0 Å². The van der Waals surface area contributed by atoms with Crippen LogP contribution in [0.25, 0.3) is 11.0 Å². The molecule has 0 saturated carbocycles. The zero-order valence-electron chi connectivity index (χ0n) is 11.9. The molecule has 0 spiro atoms. The average molecular weight is 292 g/mol. The zero-order chi connectivity index (χ0) is 14.1. The van der Waals surface area contributed by atoms with Gasteiger partial charge in [-0.05, 0) is 31.3 Å². The van der Waals surface area contributed by atoms with Gasteiger partial charge >= 0.3 is 0 Å². The normalized spacial score (nSPS) is 23.3. The number of aliphatic hydroxyl groups is 1. The number of hydrogen-bond acceptors (Lipinski definition) is 2. The molecule has 3 rings (SSSR count). The number of para-hydroxylation sites is 2. The standard InChI is InChI=1S/C15H21N3OS/c1-2-17-13-5-3-4-6-14(13)18(15(17)20)11-16-9-7-12(19)8-10-16/h3-6,12,19H,2,7-11H2,1H3/p+1. The van der Waals surface area contributed by atoms with E-state index in [2.05, 4.69) is 40.3 Å². The Morgan fingerprint density at radius 2 is 1.80 bits per heavy atom. The number of aromatic nitrogens is 2. The molecule has 1 fully saturated rings. The molecule has 108 valence electrons. The number of nitrogens with zero attached hydrogens (tertiary/aromatic N) is 2. The monoisotopic (exact) mass is 292 g/mol. The Hall–Kier alpha value is -1.17. The third-order valence-electron chi connectivity index (χ3n) is 4.29. The van der Waals surface area contributed by atoms with Crippen LogP contribution in [0.1, 0.15) is 19.8 Å². The van der Waals surface area contributed by atoms with E-state index in [4.69, 9.17) is 12.2 Å². The highest BCUT2D eigenvalue weighted by Gasteiger charge is 2.21. The van der Waals surface area contributed by atoms with Crippen molar-refractivity contribution < 1.29 is 10.0 Å². The van der Waals surface area contributed by atoms with Gasteiger partial charge in [0.1, 0.15) is 0 Å². The summed E-state index contributed by atoms with van der Waals surface area (Å²) in [5.41, 5.74) is 2.44. The summed E-state index contributed by atoms with van der Waals surface area (Å²) >= 11 is 5.65. The molecule has 2 heterocycles. The number of aryl methyl sites for hydroxylation is 1. The lowest BCUT2D eigenvalue weighted by atomic mass is 10.1. The Bertz CT molecular complexity index is 653. The summed E-state index contributed by atoms with van der Waals surface area (Å²) in [5.74, 6) is 0. The first-order valence-electron chi connectivity index (χ1n) is 7.40. The Kier molecular flexibility index (Phi) is 3.92. The van der Waals surface area contributed by atoms with E-state index >= 15 is 0 Å². The van der Waals surface area contributed by atoms with Crippen LogP contribution < -0.4 is 4.90 Å². The summed E-state index contributed by atoms with van der Waals surface area (Å²) in [6.45, 7) is 5.99. The number of imidazole rings is 1. The van der Waals surface area contributed by atoms with Crippen molar-refractivity contribution in [2.45, 2.75) is 39.1 Å². The molecule has 0 bridgehead atoms. The third-order valence-corrected chi connectivity index (χ3v) is 4.73. The van der Waals surface area contributed by atoms with Gasteiger partial charge in [0, 0.05) is 19.4 Å². The number of fused-ring (bicyclic) bond motifs is 1. The molecule has 0 aliphatic carbocycles. The molecule has 0 amide bonds. The van der Waals surface area contributed by atoms with Gasteiger partial charge in [-0.3, -0.25) is 4.57 Å². The summed E-state index contributed by atoms with van der Waals surface area (Å²) in [5, 5.41) is 9.62. The molecule has 5 heteroatoms. The topological polar surface area (TPSA) is 34.5 Å². The van der Waals surface area contributed by atoms with Gasteiger partial charge in [-0.25, -0.2) is 0 Å². The summed E-state index contributed by atoms with van der Waals surface area (Å²) in [7, 11) is 0. The lowest BCUT2D eigenvalue weighted by Gasteiger charge is -2.26. The Morgan fingerprint density at radius 3 is 2.40 bits per heavy atom. The van der Waals surface area contributed by atoms with Crippen LogP contribution in [0.2, 0.25) is 0 Å². The van der Waals surface area contributed by atoms with E-state index in [0.29, 0.717) is 0 Å². The fourth-order valence-electron chi connectivity index (χ4n) is 3.12. The van der Waals surface area contributed by atoms with Crippen molar-refractivity contribution in [1.29, 1.82) is 0 Å². The largest absolute Gasteiger partial charge is 0.393 e. The first kappa shape index (κ1) is 13.8. The summed E-state index contributed by atoms with van der Waals surface area (Å²) < 4.78 is 5.36. The number of likely N-dealkylation sites (tertiary alicyclic amines) is 1. The predicted octanol–water partition coefficient (Wildman–Crippen LogP) is 1.19. The summed E-state index contributed by atoms with van der Waals surface area (Å²) in [6, 6.07) is 8.43. The van der Waals surface area contributed by atoms with E-state index in [-0.39, 0.29) is 6.10 Å². The maximum Gasteiger partial charge on any atom is 0.185 e. The van der Waals surface area contributed by atoms with E-state index in [9.17, 15) is 5.11 Å². The molecule has 4 nitrogen and oxygen atoms in total. The van der Waals surface area contributed by atoms with Gasteiger partial charge in [0.15, 0.2) is 11.4 Å². The first-order chi connectivity index (χ1) is 9.70. The second-order valence-electron chi connectivity index (χ2n) is 5.58. The molecule has 1 saturated heterocycles. The number of quaternary nitrogens is 1. The van der Waals surface area contributed by atoms with Crippen molar-refractivity contribution in [2.75, 3.05) is 13.1 Å². The minimum atomic E-state index is -0.108. The van der Waals surface area contributed by atoms with Gasteiger partial charge in [0.05, 0.1) is 30.2 Å². The van der Waals surface area contributed by atoms with Crippen LogP contribution in [-0.4, -0.2) is 33.4 Å². The highest BCUT2D eigenvalue weighted by Crippen LogP contribution is 2.17. The minimum absolute atomic E-state index is 0.108. The van der Waals surface area contributed by atoms with Crippen molar-refractivity contribution >= 4 is 23.3 Å². The smallest absolute Gasteiger partial charge is 0.185 e. The van der Waals surface area contributed by atoms with Crippen LogP contribution >= 0.6 is 12.2 Å². The Labute approximate surface area is 124 Å². The van der Waals surface area contributed by atoms with Crippen molar-refractivity contribution in [3.8, 4) is 0 Å². The lowest BCUT2D eigenvalue weighted by molar-refractivity contribution is -0.928. The average Bonchev–Trinajstić information content (AvgIpc) is 2.74. The Morgan fingerprint density at radius 1 is 1.20 bits per heavy atom. The number of nitrogens with one attached hydrogen (secondary N) is 1. The fraction of sp³-hybridized carbons (Fsp3) is 0.533. The van der Waals surface area contributed by atoms with Crippen LogP contribution in [0.3, 0.4) is 0 Å². The molecule has 1 aliphatic heterocycles. The first-order valence-corrected chi connectivity index (χ1v) is 7.81. The highest BCUT2D eigenvalue weighted by atomic mass is 32.1. The molecule has 0 atom stereocenters. The van der Waals surface area contributed by atoms with Gasteiger partial charge in [-0.2, -0.15) is 0 Å². The van der Waals surface area contributed by atoms with E-state index in [0.717, 1.165) is 43.9 Å². The van der Waals surface area contributed by atoms with Crippen LogP contribution in [0.15, 0.2) is 24.3 Å². The number of benzene rings is 1. The van der Waals surface area contributed by atoms with Crippen LogP contribution in [-0.2, 0) is 13.2 Å². The molecule has 2 aromatic rings. The third kappa shape index (κ3) is 2.41. The predicted molar refractivity (Wildman–Crippen MR) is 82.4 cm³/mol. The van der Waals surface area contributed by atoms with E-state index in [1.807, 2.05) is 0 Å². The minimum Gasteiger partial charge on any atom is -0.393 e. The van der Waals surface area contributed by atoms with Crippen molar-refractivity contribution in [3.63, 3.8) is 0 Å². The molecule has 1 aromatic heterocycles. The molecular formula is C15H22N3OS+. The highest BCUT2D eigenvalue weighted by molar-refractivity contribution is 7.71. The molecule has 0 radical (unpaired) electrons. The fourth-order valence-corrected chi connectivity index (χ4v) is 3.51. The van der Waals surface area contributed by atoms with Crippen LogP contribution in [0.4, 0.5) is 0 Å². The molecule has 2 N–H and O–H groups in total. The zero-order valence-corrected chi connectivity index (χ0v) is 12.7. The van der Waals surface area contributed by atoms with Crippen molar-refractivity contribution in [1.82, 2.24) is 9.13 Å². The van der Waals surface area contributed by atoms with Crippen LogP contribution in [0.5, 0.6) is 0 Å². The maximum absolute atomic E-state index is 9.62. The number of aliphatic hydroxyl groups excluding tert-OH is 1. The molecule has 20 heavy (non-hydrogen) atoms. The molecule has 1 aliphatic rings. The van der Waals surface area contributed by atoms with Gasteiger partial charge in [0.2, 0.25) is 0 Å². The van der Waals surface area contributed by atoms with Gasteiger partial charge < -0.3 is 14.6 Å². The van der Waals surface area contributed by atoms with Gasteiger partial charge in [-0.1, -0.05) is 12.1 Å². The number of piperidine rings is 1. The second-order valence-corrected chi connectivity index (χ2v) is 5.95. The number of hydrogen-bond donors (Lipinski definition) is 2. The summed E-state index contributed by atoms with van der Waals surface area (Å²) in [4.78, 5) is 1.51. The maximum atomic E-state index is 9.62. The quantitative estimate of drug-likeness (QED) is 0.834. The number of rotatable bonds is 3. The summed E-state index contributed by atoms with van der Waals surface area (Å²) in [6.07, 6.45) is 1.69. The molecule has 0 unspecified atom stereocenters. The van der Waals surface area contributed by atoms with Crippen molar-refractivity contribution in [2.24, 2.45) is 0 Å². The van der Waals surface area contributed by atoms with Crippen LogP contribution in [0, 0.1) is 4.77 Å². The van der Waals surface area contributed by atoms with Gasteiger partial charge in [-0.15, -0.1) is 0 Å². The lowest BCUT2D eigenvalue weighted by Crippen LogP contribution is -3.12. The van der Waals surface area contributed by atoms with Crippen molar-refractivity contribution in [3.05, 3.63) is 29.0 Å². The van der Waals surface area contributed by atoms with E-state index in [1.165, 1.54) is 15.9 Å².